The van der Waals surface area contributed by atoms with Crippen LogP contribution >= 0.6 is 0 Å². The first kappa shape index (κ1) is 29.8. The van der Waals surface area contributed by atoms with Gasteiger partial charge in [0.2, 0.25) is 5.96 Å². The number of nitrogens with zero attached hydrogens (tertiary/aromatic N) is 6. The standard InChI is InChI=1S/C31H41FN8O2/c1-23(2)29-21-39(31(41)35-26-7-4-6-25(32)19-26)13-14-40(29)30(34-22-33)36-28-8-3-5-24-20-38(10-9-27(24)28)12-11-37-15-17-42-18-16-37/h3-8,19,23,29H,9-18,20-21H2,1-2H3,(H,34,36)(H,35,41). The van der Waals surface area contributed by atoms with Gasteiger partial charge in [0.25, 0.3) is 0 Å². The fourth-order valence-corrected chi connectivity index (χ4v) is 5.98. The monoisotopic (exact) mass is 576 g/mol. The van der Waals surface area contributed by atoms with Gasteiger partial charge in [-0.05, 0) is 47.7 Å². The first-order chi connectivity index (χ1) is 20.4. The summed E-state index contributed by atoms with van der Waals surface area (Å²) in [6.07, 6.45) is 2.98. The normalized spacial score (nSPS) is 20.3. The molecule has 0 radical (unpaired) electrons. The summed E-state index contributed by atoms with van der Waals surface area (Å²) in [6, 6.07) is 11.8. The Labute approximate surface area is 247 Å². The number of guanidine groups is 1. The molecule has 0 aliphatic carbocycles. The van der Waals surface area contributed by atoms with Gasteiger partial charge in [-0.2, -0.15) is 5.26 Å². The van der Waals surface area contributed by atoms with Crippen molar-refractivity contribution in [1.82, 2.24) is 24.9 Å². The fourth-order valence-electron chi connectivity index (χ4n) is 5.98. The van der Waals surface area contributed by atoms with Crippen molar-refractivity contribution in [2.75, 3.05) is 70.9 Å². The number of fused-ring (bicyclic) bond motifs is 1. The van der Waals surface area contributed by atoms with E-state index in [1.54, 1.807) is 17.0 Å². The lowest BCUT2D eigenvalue weighted by Gasteiger charge is -2.44. The number of carbonyl (C=O) groups is 1. The molecule has 1 atom stereocenters. The summed E-state index contributed by atoms with van der Waals surface area (Å²) in [5.74, 6) is 0.291. The van der Waals surface area contributed by atoms with E-state index >= 15 is 0 Å². The number of rotatable bonds is 6. The highest BCUT2D eigenvalue weighted by atomic mass is 19.1. The molecule has 0 bridgehead atoms. The average molecular weight is 577 g/mol. The molecule has 3 aliphatic heterocycles. The first-order valence-corrected chi connectivity index (χ1v) is 14.9. The zero-order chi connectivity index (χ0) is 29.5. The summed E-state index contributed by atoms with van der Waals surface area (Å²) >= 11 is 0. The molecule has 0 spiro atoms. The van der Waals surface area contributed by atoms with Gasteiger partial charge in [0.1, 0.15) is 5.82 Å². The zero-order valence-corrected chi connectivity index (χ0v) is 24.6. The van der Waals surface area contributed by atoms with Crippen LogP contribution in [0.1, 0.15) is 25.0 Å². The Morgan fingerprint density at radius 2 is 1.88 bits per heavy atom. The molecule has 10 nitrogen and oxygen atoms in total. The summed E-state index contributed by atoms with van der Waals surface area (Å²) in [5, 5.41) is 15.3. The molecule has 1 unspecified atom stereocenters. The highest BCUT2D eigenvalue weighted by Gasteiger charge is 2.34. The van der Waals surface area contributed by atoms with Gasteiger partial charge in [0.05, 0.1) is 24.9 Å². The second-order valence-corrected chi connectivity index (χ2v) is 11.5. The third-order valence-corrected chi connectivity index (χ3v) is 8.37. The highest BCUT2D eigenvalue weighted by molar-refractivity contribution is 5.90. The molecule has 11 heteroatoms. The number of morpholine rings is 1. The second kappa shape index (κ2) is 14.0. The molecule has 224 valence electrons. The Balaban J connectivity index is 1.28. The van der Waals surface area contributed by atoms with Gasteiger partial charge in [-0.1, -0.05) is 32.0 Å². The van der Waals surface area contributed by atoms with Crippen LogP contribution in [0.5, 0.6) is 0 Å². The van der Waals surface area contributed by atoms with E-state index in [2.05, 4.69) is 51.4 Å². The molecule has 2 aromatic rings. The van der Waals surface area contributed by atoms with Gasteiger partial charge >= 0.3 is 6.03 Å². The molecular weight excluding hydrogens is 535 g/mol. The summed E-state index contributed by atoms with van der Waals surface area (Å²) in [4.78, 5) is 26.9. The number of hydrogen-bond acceptors (Lipinski definition) is 6. The molecule has 42 heavy (non-hydrogen) atoms. The number of aliphatic imine (C=N–C) groups is 1. The molecule has 2 aromatic carbocycles. The highest BCUT2D eigenvalue weighted by Crippen LogP contribution is 2.29. The van der Waals surface area contributed by atoms with Crippen molar-refractivity contribution in [3.05, 3.63) is 59.4 Å². The molecule has 2 fully saturated rings. The number of nitrogens with one attached hydrogen (secondary N) is 2. The maximum absolute atomic E-state index is 13.6. The van der Waals surface area contributed by atoms with E-state index in [-0.39, 0.29) is 18.0 Å². The van der Waals surface area contributed by atoms with Crippen molar-refractivity contribution in [2.24, 2.45) is 10.9 Å². The van der Waals surface area contributed by atoms with Crippen LogP contribution in [0.15, 0.2) is 47.5 Å². The number of nitriles is 1. The summed E-state index contributed by atoms with van der Waals surface area (Å²) in [5.41, 5.74) is 3.81. The summed E-state index contributed by atoms with van der Waals surface area (Å²) < 4.78 is 19.1. The topological polar surface area (TPSA) is 99.5 Å². The first-order valence-electron chi connectivity index (χ1n) is 14.9. The second-order valence-electron chi connectivity index (χ2n) is 11.5. The quantitative estimate of drug-likeness (QED) is 0.235. The van der Waals surface area contributed by atoms with E-state index in [0.717, 1.165) is 64.6 Å². The van der Waals surface area contributed by atoms with Crippen LogP contribution in [0.2, 0.25) is 0 Å². The third-order valence-electron chi connectivity index (χ3n) is 8.37. The Hall–Kier alpha value is -3.72. The fraction of sp³-hybridized carbons (Fsp3) is 0.516. The number of ether oxygens (including phenoxy) is 1. The molecular formula is C31H41FN8O2. The maximum atomic E-state index is 13.6. The number of halogens is 1. The molecule has 2 amide bonds. The minimum absolute atomic E-state index is 0.0631. The van der Waals surface area contributed by atoms with Gasteiger partial charge in [0, 0.05) is 64.6 Å². The number of carbonyl (C=O) groups excluding carboxylic acids is 1. The van der Waals surface area contributed by atoms with Crippen LogP contribution < -0.4 is 10.6 Å². The SMILES string of the molecule is CC(C)C1CN(C(=O)Nc2cccc(F)c2)CCN1C(=Nc1cccc2c1CCN(CCN1CCOCC1)C2)NC#N. The van der Waals surface area contributed by atoms with Crippen molar-refractivity contribution in [2.45, 2.75) is 32.9 Å². The van der Waals surface area contributed by atoms with E-state index in [1.165, 1.54) is 23.3 Å². The van der Waals surface area contributed by atoms with E-state index < -0.39 is 5.82 Å². The number of urea groups is 1. The van der Waals surface area contributed by atoms with Crippen molar-refractivity contribution in [3.63, 3.8) is 0 Å². The van der Waals surface area contributed by atoms with Crippen LogP contribution in [-0.4, -0.2) is 103 Å². The van der Waals surface area contributed by atoms with Crippen molar-refractivity contribution in [1.29, 1.82) is 5.26 Å². The lowest BCUT2D eigenvalue weighted by Crippen LogP contribution is -2.60. The van der Waals surface area contributed by atoms with Gasteiger partial charge < -0.3 is 19.9 Å². The Bertz CT molecular complexity index is 1310. The number of anilines is 1. The lowest BCUT2D eigenvalue weighted by atomic mass is 9.97. The van der Waals surface area contributed by atoms with E-state index in [1.807, 2.05) is 12.1 Å². The van der Waals surface area contributed by atoms with Crippen LogP contribution in [0.3, 0.4) is 0 Å². The maximum Gasteiger partial charge on any atom is 0.321 e. The van der Waals surface area contributed by atoms with Crippen LogP contribution in [0.25, 0.3) is 0 Å². The van der Waals surface area contributed by atoms with Gasteiger partial charge in [0.15, 0.2) is 6.19 Å². The largest absolute Gasteiger partial charge is 0.379 e. The van der Waals surface area contributed by atoms with E-state index in [9.17, 15) is 14.4 Å². The zero-order valence-electron chi connectivity index (χ0n) is 24.6. The number of piperazine rings is 1. The van der Waals surface area contributed by atoms with Gasteiger partial charge in [-0.15, -0.1) is 0 Å². The summed E-state index contributed by atoms with van der Waals surface area (Å²) in [6.45, 7) is 13.2. The van der Waals surface area contributed by atoms with E-state index in [0.29, 0.717) is 31.3 Å². The number of benzene rings is 2. The molecule has 3 aliphatic rings. The van der Waals surface area contributed by atoms with Crippen molar-refractivity contribution < 1.29 is 13.9 Å². The molecule has 3 heterocycles. The lowest BCUT2D eigenvalue weighted by molar-refractivity contribution is 0.0327. The minimum atomic E-state index is -0.398. The van der Waals surface area contributed by atoms with Gasteiger partial charge in [-0.25, -0.2) is 14.2 Å². The van der Waals surface area contributed by atoms with E-state index in [4.69, 9.17) is 9.73 Å². The number of hydrogen-bond donors (Lipinski definition) is 2. The smallest absolute Gasteiger partial charge is 0.321 e. The molecule has 0 saturated carbocycles. The predicted octanol–water partition coefficient (Wildman–Crippen LogP) is 3.45. The van der Waals surface area contributed by atoms with Crippen molar-refractivity contribution >= 4 is 23.4 Å². The Morgan fingerprint density at radius 1 is 1.10 bits per heavy atom. The van der Waals surface area contributed by atoms with Gasteiger partial charge in [-0.3, -0.25) is 15.1 Å². The Kier molecular flexibility index (Phi) is 9.89. The summed E-state index contributed by atoms with van der Waals surface area (Å²) in [7, 11) is 0. The number of amides is 2. The predicted molar refractivity (Wildman–Crippen MR) is 161 cm³/mol. The van der Waals surface area contributed by atoms with Crippen LogP contribution in [-0.2, 0) is 17.7 Å². The third kappa shape index (κ3) is 7.37. The average Bonchev–Trinajstić information content (AvgIpc) is 3.00. The van der Waals surface area contributed by atoms with Crippen molar-refractivity contribution in [3.8, 4) is 6.19 Å². The van der Waals surface area contributed by atoms with Crippen LogP contribution in [0.4, 0.5) is 20.6 Å². The van der Waals surface area contributed by atoms with Crippen LogP contribution in [0, 0.1) is 23.2 Å². The minimum Gasteiger partial charge on any atom is -0.379 e. The molecule has 2 N–H and O–H groups in total. The molecule has 2 saturated heterocycles. The molecule has 5 rings (SSSR count). The molecule has 0 aromatic heterocycles. The Morgan fingerprint density at radius 3 is 2.64 bits per heavy atom.